The van der Waals surface area contributed by atoms with Gasteiger partial charge in [0.05, 0.1) is 12.8 Å². The summed E-state index contributed by atoms with van der Waals surface area (Å²) in [5.74, 6) is 0.838. The zero-order chi connectivity index (χ0) is 15.1. The van der Waals surface area contributed by atoms with Gasteiger partial charge in [0.2, 0.25) is 0 Å². The molecule has 0 saturated carbocycles. The van der Waals surface area contributed by atoms with Crippen LogP contribution in [0.2, 0.25) is 0 Å². The van der Waals surface area contributed by atoms with Gasteiger partial charge in [-0.3, -0.25) is 0 Å². The molecular weight excluding hydrogens is 268 g/mol. The van der Waals surface area contributed by atoms with Gasteiger partial charge < -0.3 is 15.4 Å². The number of rotatable bonds is 8. The van der Waals surface area contributed by atoms with Gasteiger partial charge in [-0.2, -0.15) is 0 Å². The fourth-order valence-electron chi connectivity index (χ4n) is 2.21. The van der Waals surface area contributed by atoms with Crippen molar-refractivity contribution in [1.29, 1.82) is 0 Å². The van der Waals surface area contributed by atoms with Crippen LogP contribution in [0.25, 0.3) is 0 Å². The zero-order valence-corrected chi connectivity index (χ0v) is 13.8. The maximum absolute atomic E-state index is 5.88. The summed E-state index contributed by atoms with van der Waals surface area (Å²) in [7, 11) is 1.68. The number of ether oxygens (including phenoxy) is 1. The molecule has 1 unspecified atom stereocenters. The zero-order valence-electron chi connectivity index (χ0n) is 13.0. The number of benzene rings is 1. The molecule has 1 atom stereocenters. The number of unbranched alkanes of at least 4 members (excludes halogenated alkanes) is 1. The summed E-state index contributed by atoms with van der Waals surface area (Å²) < 4.78 is 5.35. The normalized spacial score (nSPS) is 12.0. The van der Waals surface area contributed by atoms with Crippen LogP contribution >= 0.6 is 12.2 Å². The summed E-state index contributed by atoms with van der Waals surface area (Å²) >= 11 is 5.19. The topological polar surface area (TPSA) is 38.5 Å². The van der Waals surface area contributed by atoms with Crippen LogP contribution < -0.4 is 15.4 Å². The molecule has 20 heavy (non-hydrogen) atoms. The van der Waals surface area contributed by atoms with Gasteiger partial charge >= 0.3 is 0 Å². The van der Waals surface area contributed by atoms with Gasteiger partial charge in [0.25, 0.3) is 0 Å². The SMILES string of the molecule is CCCCN(c1cc(OC)ccc1C(N)=S)C(C)CC. The average molecular weight is 294 g/mol. The second-order valence-corrected chi connectivity index (χ2v) is 5.49. The Kier molecular flexibility index (Phi) is 6.79. The van der Waals surface area contributed by atoms with E-state index in [0.29, 0.717) is 11.0 Å². The molecule has 0 bridgehead atoms. The standard InChI is InChI=1S/C16H26N2OS/c1-5-7-10-18(12(3)6-2)15-11-13(19-4)8-9-14(15)16(17)20/h8-9,11-12H,5-7,10H2,1-4H3,(H2,17,20). The number of anilines is 1. The van der Waals surface area contributed by atoms with E-state index in [4.69, 9.17) is 22.7 Å². The van der Waals surface area contributed by atoms with Crippen molar-refractivity contribution in [3.05, 3.63) is 23.8 Å². The number of hydrogen-bond donors (Lipinski definition) is 1. The monoisotopic (exact) mass is 294 g/mol. The first-order valence-corrected chi connectivity index (χ1v) is 7.70. The summed E-state index contributed by atoms with van der Waals surface area (Å²) in [6, 6.07) is 6.35. The Bertz CT molecular complexity index is 448. The Balaban J connectivity index is 3.23. The predicted molar refractivity (Wildman–Crippen MR) is 90.9 cm³/mol. The van der Waals surface area contributed by atoms with Crippen molar-refractivity contribution in [1.82, 2.24) is 0 Å². The van der Waals surface area contributed by atoms with Crippen molar-refractivity contribution >= 4 is 22.9 Å². The number of nitrogens with zero attached hydrogens (tertiary/aromatic N) is 1. The highest BCUT2D eigenvalue weighted by Gasteiger charge is 2.18. The minimum Gasteiger partial charge on any atom is -0.497 e. The van der Waals surface area contributed by atoms with Crippen molar-refractivity contribution in [2.75, 3.05) is 18.6 Å². The number of hydrogen-bond acceptors (Lipinski definition) is 3. The van der Waals surface area contributed by atoms with Crippen molar-refractivity contribution in [2.45, 2.75) is 46.1 Å². The third kappa shape index (κ3) is 4.10. The molecule has 0 aliphatic carbocycles. The van der Waals surface area contributed by atoms with Gasteiger partial charge in [0.15, 0.2) is 0 Å². The van der Waals surface area contributed by atoms with Crippen LogP contribution in [0, 0.1) is 0 Å². The fourth-order valence-corrected chi connectivity index (χ4v) is 2.38. The lowest BCUT2D eigenvalue weighted by atomic mass is 10.1. The van der Waals surface area contributed by atoms with Crippen molar-refractivity contribution in [2.24, 2.45) is 5.73 Å². The number of thiocarbonyl (C=S) groups is 1. The van der Waals surface area contributed by atoms with E-state index in [0.717, 1.165) is 36.4 Å². The highest BCUT2D eigenvalue weighted by atomic mass is 32.1. The van der Waals surface area contributed by atoms with Crippen molar-refractivity contribution < 1.29 is 4.74 Å². The molecule has 2 N–H and O–H groups in total. The van der Waals surface area contributed by atoms with E-state index in [-0.39, 0.29) is 0 Å². The molecule has 112 valence electrons. The van der Waals surface area contributed by atoms with E-state index in [1.165, 1.54) is 6.42 Å². The second kappa shape index (κ2) is 8.10. The minimum absolute atomic E-state index is 0.437. The average Bonchev–Trinajstić information content (AvgIpc) is 2.46. The van der Waals surface area contributed by atoms with Gasteiger partial charge in [0.1, 0.15) is 10.7 Å². The summed E-state index contributed by atoms with van der Waals surface area (Å²) in [6.45, 7) is 7.64. The van der Waals surface area contributed by atoms with E-state index in [9.17, 15) is 0 Å². The summed E-state index contributed by atoms with van der Waals surface area (Å²) in [5, 5.41) is 0. The first kappa shape index (κ1) is 16.8. The van der Waals surface area contributed by atoms with Crippen LogP contribution in [0.1, 0.15) is 45.6 Å². The lowest BCUT2D eigenvalue weighted by molar-refractivity contribution is 0.414. The molecule has 1 rings (SSSR count). The molecule has 0 saturated heterocycles. The Morgan fingerprint density at radius 2 is 2.10 bits per heavy atom. The van der Waals surface area contributed by atoms with Gasteiger partial charge in [-0.15, -0.1) is 0 Å². The van der Waals surface area contributed by atoms with E-state index < -0.39 is 0 Å². The van der Waals surface area contributed by atoms with Crippen LogP contribution in [0.5, 0.6) is 5.75 Å². The van der Waals surface area contributed by atoms with Gasteiger partial charge in [-0.1, -0.05) is 32.5 Å². The van der Waals surface area contributed by atoms with Crippen LogP contribution in [-0.4, -0.2) is 24.7 Å². The van der Waals surface area contributed by atoms with E-state index in [2.05, 4.69) is 25.7 Å². The second-order valence-electron chi connectivity index (χ2n) is 5.05. The summed E-state index contributed by atoms with van der Waals surface area (Å²) in [6.07, 6.45) is 3.40. The van der Waals surface area contributed by atoms with Gasteiger partial charge in [0, 0.05) is 24.2 Å². The molecule has 1 aromatic rings. The molecule has 0 spiro atoms. The van der Waals surface area contributed by atoms with Gasteiger partial charge in [-0.25, -0.2) is 0 Å². The van der Waals surface area contributed by atoms with Crippen molar-refractivity contribution in [3.8, 4) is 5.75 Å². The highest BCUT2D eigenvalue weighted by molar-refractivity contribution is 7.80. The van der Waals surface area contributed by atoms with Gasteiger partial charge in [-0.05, 0) is 31.9 Å². The van der Waals surface area contributed by atoms with Crippen LogP contribution in [0.15, 0.2) is 18.2 Å². The quantitative estimate of drug-likeness (QED) is 0.741. The Labute approximate surface area is 128 Å². The van der Waals surface area contributed by atoms with Crippen LogP contribution in [0.3, 0.4) is 0 Å². The van der Waals surface area contributed by atoms with E-state index in [1.807, 2.05) is 18.2 Å². The minimum atomic E-state index is 0.437. The van der Waals surface area contributed by atoms with Crippen LogP contribution in [-0.2, 0) is 0 Å². The highest BCUT2D eigenvalue weighted by Crippen LogP contribution is 2.29. The molecule has 3 nitrogen and oxygen atoms in total. The third-order valence-corrected chi connectivity index (χ3v) is 3.88. The third-order valence-electron chi connectivity index (χ3n) is 3.66. The number of nitrogens with two attached hydrogens (primary N) is 1. The first-order valence-electron chi connectivity index (χ1n) is 7.29. The first-order chi connectivity index (χ1) is 9.54. The molecule has 0 amide bonds. The molecule has 0 aromatic heterocycles. The fraction of sp³-hybridized carbons (Fsp3) is 0.562. The predicted octanol–water partition coefficient (Wildman–Crippen LogP) is 3.73. The number of methoxy groups -OCH3 is 1. The molecular formula is C16H26N2OS. The lowest BCUT2D eigenvalue weighted by Gasteiger charge is -2.32. The maximum Gasteiger partial charge on any atom is 0.120 e. The smallest absolute Gasteiger partial charge is 0.120 e. The molecule has 1 aromatic carbocycles. The van der Waals surface area contributed by atoms with Crippen molar-refractivity contribution in [3.63, 3.8) is 0 Å². The molecule has 0 aliphatic rings. The maximum atomic E-state index is 5.88. The lowest BCUT2D eigenvalue weighted by Crippen LogP contribution is -2.35. The molecule has 0 radical (unpaired) electrons. The van der Waals surface area contributed by atoms with E-state index >= 15 is 0 Å². The molecule has 0 fully saturated rings. The van der Waals surface area contributed by atoms with Crippen LogP contribution in [0.4, 0.5) is 5.69 Å². The largest absolute Gasteiger partial charge is 0.497 e. The molecule has 0 aliphatic heterocycles. The Morgan fingerprint density at radius 1 is 1.40 bits per heavy atom. The summed E-state index contributed by atoms with van der Waals surface area (Å²) in [5.41, 5.74) is 7.89. The molecule has 0 heterocycles. The molecule has 4 heteroatoms. The Morgan fingerprint density at radius 3 is 2.60 bits per heavy atom. The Hall–Kier alpha value is -1.29. The van der Waals surface area contributed by atoms with E-state index in [1.54, 1.807) is 7.11 Å². The summed E-state index contributed by atoms with van der Waals surface area (Å²) in [4.78, 5) is 2.83.